The molecule has 24 heavy (non-hydrogen) atoms. The Balaban J connectivity index is -0.0000000225. The predicted octanol–water partition coefficient (Wildman–Crippen LogP) is -15.4. The molecule has 12 heteroatoms. The molecule has 0 N–H and O–H groups in total. The van der Waals surface area contributed by atoms with Gasteiger partial charge in [-0.05, 0) is 25.7 Å². The average molecular weight is 416 g/mol. The standard InChI is InChI=1S/4C3H6O2.2K.2Na/c4*1-2-3(4)5;;;;/h4*2H2,1H3,(H,4,5);;;;/q;;;;4*+1/p-4. The summed E-state index contributed by atoms with van der Waals surface area (Å²) in [5.74, 6) is -3.98. The van der Waals surface area contributed by atoms with Crippen LogP contribution in [0.15, 0.2) is 0 Å². The molecule has 0 amide bonds. The Hall–Kier alpha value is 3.15. The second-order valence-corrected chi connectivity index (χ2v) is 2.90. The summed E-state index contributed by atoms with van der Waals surface area (Å²) in [6.07, 6.45) is 0.444. The molecule has 0 rings (SSSR count). The van der Waals surface area contributed by atoms with Gasteiger partial charge in [-0.3, -0.25) is 0 Å². The van der Waals surface area contributed by atoms with E-state index in [1.165, 1.54) is 27.7 Å². The first-order valence-corrected chi connectivity index (χ1v) is 5.88. The molecule has 0 saturated carbocycles. The van der Waals surface area contributed by atoms with Crippen molar-refractivity contribution in [3.05, 3.63) is 0 Å². The summed E-state index contributed by atoms with van der Waals surface area (Å²) in [6, 6.07) is 0. The SMILES string of the molecule is CCC(=O)[O-].CCC(=O)[O-].CCC(=O)[O-].CCC(=O)[O-].[K+].[K+].[Na+].[Na+]. The van der Waals surface area contributed by atoms with E-state index in [-0.39, 0.29) is 188 Å². The van der Waals surface area contributed by atoms with Gasteiger partial charge in [0, 0.05) is 23.9 Å². The van der Waals surface area contributed by atoms with Gasteiger partial charge < -0.3 is 39.6 Å². The molecule has 0 heterocycles. The molecule has 0 aliphatic rings. The topological polar surface area (TPSA) is 161 Å². The van der Waals surface area contributed by atoms with E-state index in [1.807, 2.05) is 0 Å². The fourth-order valence-electron chi connectivity index (χ4n) is 0. The van der Waals surface area contributed by atoms with E-state index in [0.717, 1.165) is 0 Å². The van der Waals surface area contributed by atoms with Gasteiger partial charge in [-0.25, -0.2) is 0 Å². The molecule has 120 valence electrons. The Morgan fingerprint density at radius 1 is 0.500 bits per heavy atom. The molecular formula is C12H20K2Na2O8. The van der Waals surface area contributed by atoms with Crippen molar-refractivity contribution in [3.8, 4) is 0 Å². The van der Waals surface area contributed by atoms with Crippen molar-refractivity contribution >= 4 is 23.9 Å². The zero-order chi connectivity index (χ0) is 17.1. The van der Waals surface area contributed by atoms with Crippen molar-refractivity contribution in [3.63, 3.8) is 0 Å². The Morgan fingerprint density at radius 3 is 0.542 bits per heavy atom. The third-order valence-corrected chi connectivity index (χ3v) is 1.15. The molecule has 0 fully saturated rings. The summed E-state index contributed by atoms with van der Waals surface area (Å²) in [5, 5.41) is 37.0. The Labute approximate surface area is 272 Å². The van der Waals surface area contributed by atoms with Crippen LogP contribution in [0.5, 0.6) is 0 Å². The third kappa shape index (κ3) is 118. The van der Waals surface area contributed by atoms with Crippen molar-refractivity contribution < 1.29 is 201 Å². The fourth-order valence-corrected chi connectivity index (χ4v) is 0. The Bertz CT molecular complexity index is 236. The van der Waals surface area contributed by atoms with Gasteiger partial charge in [0.1, 0.15) is 0 Å². The summed E-state index contributed by atoms with van der Waals surface area (Å²) < 4.78 is 0. The first kappa shape index (κ1) is 50.6. The van der Waals surface area contributed by atoms with E-state index in [1.54, 1.807) is 0 Å². The minimum Gasteiger partial charge on any atom is -0.550 e. The van der Waals surface area contributed by atoms with Crippen LogP contribution in [0.3, 0.4) is 0 Å². The second-order valence-electron chi connectivity index (χ2n) is 2.90. The minimum absolute atomic E-state index is 0. The molecule has 0 aromatic heterocycles. The van der Waals surface area contributed by atoms with Gasteiger partial charge in [-0.2, -0.15) is 0 Å². The summed E-state index contributed by atoms with van der Waals surface area (Å²) in [7, 11) is 0. The molecule has 0 spiro atoms. The van der Waals surface area contributed by atoms with Gasteiger partial charge in [0.15, 0.2) is 0 Å². The van der Waals surface area contributed by atoms with E-state index in [2.05, 4.69) is 0 Å². The molecule has 0 aromatic rings. The number of rotatable bonds is 4. The Kier molecular flexibility index (Phi) is 95.1. The molecule has 0 unspecified atom stereocenters. The van der Waals surface area contributed by atoms with Gasteiger partial charge in [-0.1, -0.05) is 27.7 Å². The molecule has 0 bridgehead atoms. The quantitative estimate of drug-likeness (QED) is 0.408. The van der Waals surface area contributed by atoms with E-state index < -0.39 is 23.9 Å². The van der Waals surface area contributed by atoms with Gasteiger partial charge >= 0.3 is 162 Å². The first-order chi connectivity index (χ1) is 9.08. The Morgan fingerprint density at radius 2 is 0.542 bits per heavy atom. The van der Waals surface area contributed by atoms with Crippen LogP contribution in [0.1, 0.15) is 53.4 Å². The van der Waals surface area contributed by atoms with Crippen LogP contribution in [-0.2, 0) is 19.2 Å². The predicted molar refractivity (Wildman–Crippen MR) is 61.2 cm³/mol. The molecule has 0 saturated heterocycles. The van der Waals surface area contributed by atoms with E-state index in [4.69, 9.17) is 0 Å². The molecule has 8 nitrogen and oxygen atoms in total. The largest absolute Gasteiger partial charge is 1.00 e. The van der Waals surface area contributed by atoms with Gasteiger partial charge in [-0.15, -0.1) is 0 Å². The van der Waals surface area contributed by atoms with Gasteiger partial charge in [0.2, 0.25) is 0 Å². The smallest absolute Gasteiger partial charge is 0.550 e. The van der Waals surface area contributed by atoms with E-state index in [9.17, 15) is 39.6 Å². The first-order valence-electron chi connectivity index (χ1n) is 5.88. The summed E-state index contributed by atoms with van der Waals surface area (Å²) in [4.78, 5) is 37.0. The normalized spacial score (nSPS) is 6.17. The maximum atomic E-state index is 9.26. The molecule has 0 aliphatic heterocycles. The zero-order valence-electron chi connectivity index (χ0n) is 16.1. The van der Waals surface area contributed by atoms with Crippen LogP contribution in [0.2, 0.25) is 0 Å². The van der Waals surface area contributed by atoms with Crippen molar-refractivity contribution in [2.24, 2.45) is 0 Å². The van der Waals surface area contributed by atoms with Crippen molar-refractivity contribution in [1.82, 2.24) is 0 Å². The van der Waals surface area contributed by atoms with Crippen LogP contribution in [0.25, 0.3) is 0 Å². The summed E-state index contributed by atoms with van der Waals surface area (Å²) >= 11 is 0. The maximum absolute atomic E-state index is 9.26. The number of hydrogen-bond acceptors (Lipinski definition) is 8. The number of aliphatic carboxylic acids is 4. The van der Waals surface area contributed by atoms with Crippen LogP contribution >= 0.6 is 0 Å². The number of carboxylic acids is 4. The monoisotopic (exact) mass is 416 g/mol. The van der Waals surface area contributed by atoms with Crippen LogP contribution in [0.4, 0.5) is 0 Å². The molecule has 0 aromatic carbocycles. The van der Waals surface area contributed by atoms with Crippen molar-refractivity contribution in [1.29, 1.82) is 0 Å². The zero-order valence-corrected chi connectivity index (χ0v) is 26.3. The molecular weight excluding hydrogens is 396 g/mol. The van der Waals surface area contributed by atoms with E-state index >= 15 is 0 Å². The number of carboxylic acid groups (broad SMARTS) is 4. The van der Waals surface area contributed by atoms with Crippen molar-refractivity contribution in [2.45, 2.75) is 53.4 Å². The van der Waals surface area contributed by atoms with Crippen LogP contribution in [-0.4, -0.2) is 23.9 Å². The molecule has 0 radical (unpaired) electrons. The third-order valence-electron chi connectivity index (χ3n) is 1.15. The number of carbonyl (C=O) groups excluding carboxylic acids is 4. The van der Waals surface area contributed by atoms with Crippen LogP contribution in [0, 0.1) is 0 Å². The van der Waals surface area contributed by atoms with E-state index in [0.29, 0.717) is 0 Å². The summed E-state index contributed by atoms with van der Waals surface area (Å²) in [6.45, 7) is 6.15. The van der Waals surface area contributed by atoms with Gasteiger partial charge in [0.25, 0.3) is 0 Å². The maximum Gasteiger partial charge on any atom is 1.00 e. The van der Waals surface area contributed by atoms with Crippen LogP contribution < -0.4 is 182 Å². The second kappa shape index (κ2) is 45.1. The summed E-state index contributed by atoms with van der Waals surface area (Å²) in [5.41, 5.74) is 0. The molecule has 0 atom stereocenters. The number of carbonyl (C=O) groups is 4. The van der Waals surface area contributed by atoms with Gasteiger partial charge in [0.05, 0.1) is 0 Å². The minimum atomic E-state index is -0.995. The fraction of sp³-hybridized carbons (Fsp3) is 0.667. The number of hydrogen-bond donors (Lipinski definition) is 0. The average Bonchev–Trinajstić information content (AvgIpc) is 2.40. The molecule has 0 aliphatic carbocycles. The van der Waals surface area contributed by atoms with Crippen molar-refractivity contribution in [2.75, 3.05) is 0 Å².